The van der Waals surface area contributed by atoms with E-state index in [2.05, 4.69) is 10.3 Å². The Hall–Kier alpha value is -3.27. The van der Waals surface area contributed by atoms with Crippen molar-refractivity contribution in [2.24, 2.45) is 0 Å². The number of urea groups is 1. The number of carbonyl (C=O) groups is 4. The van der Waals surface area contributed by atoms with Gasteiger partial charge in [-0.05, 0) is 39.3 Å². The molecule has 9 nitrogen and oxygen atoms in total. The number of imide groups is 1. The summed E-state index contributed by atoms with van der Waals surface area (Å²) in [5.41, 5.74) is 2.17. The summed E-state index contributed by atoms with van der Waals surface area (Å²) in [6, 6.07) is 5.14. The number of rotatable bonds is 6. The number of nitrogens with one attached hydrogen (secondary N) is 1. The number of hydrogen-bond donors (Lipinski definition) is 1. The lowest BCUT2D eigenvalue weighted by Gasteiger charge is -2.20. The second kappa shape index (κ2) is 8.46. The molecule has 1 N–H and O–H groups in total. The van der Waals surface area contributed by atoms with Crippen LogP contribution in [-0.2, 0) is 25.7 Å². The molecule has 4 amide bonds. The van der Waals surface area contributed by atoms with E-state index in [0.717, 1.165) is 21.7 Å². The normalized spacial score (nSPS) is 15.1. The zero-order chi connectivity index (χ0) is 22.9. The Labute approximate surface area is 184 Å². The van der Waals surface area contributed by atoms with Crippen LogP contribution in [0, 0.1) is 13.8 Å². The Bertz CT molecular complexity index is 1060. The van der Waals surface area contributed by atoms with Crippen molar-refractivity contribution in [1.82, 2.24) is 15.2 Å². The van der Waals surface area contributed by atoms with Crippen molar-refractivity contribution in [3.8, 4) is 0 Å². The van der Waals surface area contributed by atoms with Crippen molar-refractivity contribution in [2.75, 3.05) is 11.4 Å². The zero-order valence-corrected chi connectivity index (χ0v) is 18.8. The highest BCUT2D eigenvalue weighted by molar-refractivity contribution is 7.14. The van der Waals surface area contributed by atoms with Crippen LogP contribution in [0.15, 0.2) is 23.6 Å². The maximum atomic E-state index is 12.3. The van der Waals surface area contributed by atoms with E-state index < -0.39 is 30.0 Å². The van der Waals surface area contributed by atoms with Gasteiger partial charge < -0.3 is 10.1 Å². The number of hydrogen-bond acceptors (Lipinski definition) is 7. The third-order valence-corrected chi connectivity index (χ3v) is 5.63. The van der Waals surface area contributed by atoms with Crippen LogP contribution in [0.4, 0.5) is 15.6 Å². The molecule has 164 valence electrons. The molecule has 2 heterocycles. The maximum Gasteiger partial charge on any atom is 0.326 e. The minimum atomic E-state index is -1.05. The number of nitrogens with zero attached hydrogens (tertiary/aromatic N) is 3. The summed E-state index contributed by atoms with van der Waals surface area (Å²) >= 11 is 1.25. The molecular weight excluding hydrogens is 420 g/mol. The quantitative estimate of drug-likeness (QED) is 0.542. The molecule has 2 aromatic rings. The van der Waals surface area contributed by atoms with E-state index in [9.17, 15) is 19.2 Å². The molecule has 1 aromatic heterocycles. The minimum Gasteiger partial charge on any atom is -0.458 e. The van der Waals surface area contributed by atoms with E-state index >= 15 is 0 Å². The van der Waals surface area contributed by atoms with Gasteiger partial charge in [-0.15, -0.1) is 11.3 Å². The summed E-state index contributed by atoms with van der Waals surface area (Å²) in [4.78, 5) is 55.2. The summed E-state index contributed by atoms with van der Waals surface area (Å²) in [6.07, 6.45) is 0. The lowest BCUT2D eigenvalue weighted by molar-refractivity contribution is -0.148. The molecule has 0 radical (unpaired) electrons. The Morgan fingerprint density at radius 3 is 2.55 bits per heavy atom. The standard InChI is InChI=1S/C21H24N4O5S/c1-12-6-7-16(13(2)8-12)25(14(3)26)20-22-15(11-31-20)10-30-17(27)9-24-18(28)21(4,5)23-19(24)29/h6-8,11H,9-10H2,1-5H3,(H,23,29). The molecule has 0 saturated carbocycles. The Balaban J connectivity index is 1.66. The first-order valence-corrected chi connectivity index (χ1v) is 10.5. The monoisotopic (exact) mass is 444 g/mol. The van der Waals surface area contributed by atoms with Gasteiger partial charge in [0.1, 0.15) is 18.7 Å². The van der Waals surface area contributed by atoms with Gasteiger partial charge in [-0.2, -0.15) is 0 Å². The number of benzene rings is 1. The van der Waals surface area contributed by atoms with Crippen molar-refractivity contribution in [3.05, 3.63) is 40.4 Å². The number of aryl methyl sites for hydroxylation is 2. The van der Waals surface area contributed by atoms with Gasteiger partial charge in [-0.3, -0.25) is 24.2 Å². The zero-order valence-electron chi connectivity index (χ0n) is 18.0. The average molecular weight is 445 g/mol. The van der Waals surface area contributed by atoms with Gasteiger partial charge in [0.15, 0.2) is 5.13 Å². The van der Waals surface area contributed by atoms with Gasteiger partial charge in [-0.25, -0.2) is 9.78 Å². The molecule has 1 aliphatic heterocycles. The molecule has 0 spiro atoms. The van der Waals surface area contributed by atoms with Gasteiger partial charge in [0.25, 0.3) is 5.91 Å². The van der Waals surface area contributed by atoms with Crippen molar-refractivity contribution in [3.63, 3.8) is 0 Å². The fourth-order valence-electron chi connectivity index (χ4n) is 3.22. The number of ether oxygens (including phenoxy) is 1. The maximum absolute atomic E-state index is 12.3. The molecule has 0 aliphatic carbocycles. The van der Waals surface area contributed by atoms with Gasteiger partial charge >= 0.3 is 12.0 Å². The first-order valence-electron chi connectivity index (χ1n) is 9.61. The second-order valence-corrected chi connectivity index (χ2v) is 8.71. The van der Waals surface area contributed by atoms with Crippen LogP contribution >= 0.6 is 11.3 Å². The van der Waals surface area contributed by atoms with Gasteiger partial charge in [0.05, 0.1) is 11.4 Å². The van der Waals surface area contributed by atoms with E-state index in [1.165, 1.54) is 23.2 Å². The molecule has 0 unspecified atom stereocenters. The van der Waals surface area contributed by atoms with E-state index in [0.29, 0.717) is 10.8 Å². The molecule has 31 heavy (non-hydrogen) atoms. The third kappa shape index (κ3) is 4.74. The van der Waals surface area contributed by atoms with Crippen molar-refractivity contribution >= 4 is 46.0 Å². The third-order valence-electron chi connectivity index (χ3n) is 4.75. The second-order valence-electron chi connectivity index (χ2n) is 7.87. The minimum absolute atomic E-state index is 0.138. The Morgan fingerprint density at radius 2 is 1.97 bits per heavy atom. The smallest absolute Gasteiger partial charge is 0.326 e. The number of thiazole rings is 1. The molecule has 1 fully saturated rings. The largest absolute Gasteiger partial charge is 0.458 e. The molecular formula is C21H24N4O5S. The summed E-state index contributed by atoms with van der Waals surface area (Å²) in [5.74, 6) is -1.41. The van der Waals surface area contributed by atoms with E-state index in [1.54, 1.807) is 19.2 Å². The Morgan fingerprint density at radius 1 is 1.26 bits per heavy atom. The summed E-state index contributed by atoms with van der Waals surface area (Å²) in [6.45, 7) is 7.86. The van der Waals surface area contributed by atoms with Crippen LogP contribution in [0.2, 0.25) is 0 Å². The lowest BCUT2D eigenvalue weighted by atomic mass is 10.1. The number of carbonyl (C=O) groups excluding carboxylic acids is 4. The van der Waals surface area contributed by atoms with E-state index in [-0.39, 0.29) is 12.5 Å². The van der Waals surface area contributed by atoms with E-state index in [4.69, 9.17) is 4.74 Å². The highest BCUT2D eigenvalue weighted by Gasteiger charge is 2.45. The SMILES string of the molecule is CC(=O)N(c1nc(COC(=O)CN2C(=O)NC(C)(C)C2=O)cs1)c1ccc(C)cc1C. The predicted octanol–water partition coefficient (Wildman–Crippen LogP) is 2.82. The number of aromatic nitrogens is 1. The highest BCUT2D eigenvalue weighted by Crippen LogP contribution is 2.31. The molecule has 0 atom stereocenters. The van der Waals surface area contributed by atoms with Crippen molar-refractivity contribution in [1.29, 1.82) is 0 Å². The molecule has 10 heteroatoms. The van der Waals surface area contributed by atoms with Crippen LogP contribution in [0.5, 0.6) is 0 Å². The number of anilines is 2. The van der Waals surface area contributed by atoms with Crippen LogP contribution in [0.3, 0.4) is 0 Å². The molecule has 0 bridgehead atoms. The van der Waals surface area contributed by atoms with Crippen molar-refractivity contribution in [2.45, 2.75) is 46.8 Å². The molecule has 1 aromatic carbocycles. The summed E-state index contributed by atoms with van der Waals surface area (Å²) < 4.78 is 5.18. The van der Waals surface area contributed by atoms with Crippen LogP contribution < -0.4 is 10.2 Å². The van der Waals surface area contributed by atoms with Crippen LogP contribution in [0.1, 0.15) is 37.6 Å². The Kier molecular flexibility index (Phi) is 6.12. The highest BCUT2D eigenvalue weighted by atomic mass is 32.1. The van der Waals surface area contributed by atoms with Gasteiger partial charge in [0, 0.05) is 12.3 Å². The van der Waals surface area contributed by atoms with Crippen LogP contribution in [-0.4, -0.2) is 45.8 Å². The molecule has 1 aliphatic rings. The van der Waals surface area contributed by atoms with Gasteiger partial charge in [0.2, 0.25) is 5.91 Å². The number of amides is 4. The first-order chi connectivity index (χ1) is 14.5. The fraction of sp³-hybridized carbons (Fsp3) is 0.381. The van der Waals surface area contributed by atoms with Gasteiger partial charge in [-0.1, -0.05) is 17.7 Å². The molecule has 3 rings (SSSR count). The van der Waals surface area contributed by atoms with Crippen molar-refractivity contribution < 1.29 is 23.9 Å². The topological polar surface area (TPSA) is 109 Å². The predicted molar refractivity (Wildman–Crippen MR) is 115 cm³/mol. The first kappa shape index (κ1) is 22.4. The average Bonchev–Trinajstić information content (AvgIpc) is 3.20. The summed E-state index contributed by atoms with van der Waals surface area (Å²) in [5, 5.41) is 4.66. The summed E-state index contributed by atoms with van der Waals surface area (Å²) in [7, 11) is 0. The van der Waals surface area contributed by atoms with Crippen LogP contribution in [0.25, 0.3) is 0 Å². The fourth-order valence-corrected chi connectivity index (χ4v) is 4.08. The lowest BCUT2D eigenvalue weighted by Crippen LogP contribution is -2.41. The molecule has 1 saturated heterocycles. The number of esters is 1. The van der Waals surface area contributed by atoms with E-state index in [1.807, 2.05) is 32.0 Å².